The molecule has 1 unspecified atom stereocenters. The molecule has 1 aliphatic rings. The Morgan fingerprint density at radius 1 is 1.23 bits per heavy atom. The second-order valence-electron chi connectivity index (χ2n) is 8.19. The van der Waals surface area contributed by atoms with E-state index in [4.69, 9.17) is 5.73 Å². The van der Waals surface area contributed by atoms with Crippen molar-refractivity contribution in [1.29, 1.82) is 0 Å². The van der Waals surface area contributed by atoms with E-state index in [0.717, 1.165) is 42.1 Å². The molecule has 0 saturated heterocycles. The van der Waals surface area contributed by atoms with Gasteiger partial charge in [-0.2, -0.15) is 5.10 Å². The Morgan fingerprint density at radius 3 is 2.90 bits per heavy atom. The quantitative estimate of drug-likeness (QED) is 0.342. The lowest BCUT2D eigenvalue weighted by atomic mass is 9.91. The fourth-order valence-corrected chi connectivity index (χ4v) is 4.37. The highest BCUT2D eigenvalue weighted by Crippen LogP contribution is 2.31. The van der Waals surface area contributed by atoms with E-state index in [1.165, 1.54) is 12.1 Å². The number of nitrogens with two attached hydrogens (primary N) is 1. The molecule has 8 nitrogen and oxygen atoms in total. The third kappa shape index (κ3) is 3.61. The number of rotatable bonds is 4. The second kappa shape index (κ2) is 7.66. The van der Waals surface area contributed by atoms with Gasteiger partial charge in [-0.25, -0.2) is 14.5 Å². The fourth-order valence-electron chi connectivity index (χ4n) is 4.37. The maximum Gasteiger partial charge on any atom is 0.275 e. The van der Waals surface area contributed by atoms with Crippen molar-refractivity contribution < 1.29 is 4.39 Å². The normalized spacial score (nSPS) is 19.1. The van der Waals surface area contributed by atoms with Crippen molar-refractivity contribution in [3.63, 3.8) is 0 Å². The van der Waals surface area contributed by atoms with Gasteiger partial charge in [0.05, 0.1) is 22.8 Å². The van der Waals surface area contributed by atoms with Gasteiger partial charge in [-0.05, 0) is 43.5 Å². The Kier molecular flexibility index (Phi) is 4.82. The van der Waals surface area contributed by atoms with E-state index in [1.54, 1.807) is 12.3 Å². The minimum absolute atomic E-state index is 0.0460. The molecule has 4 aromatic rings. The minimum atomic E-state index is -0.375. The van der Waals surface area contributed by atoms with Crippen molar-refractivity contribution in [3.05, 3.63) is 52.3 Å². The van der Waals surface area contributed by atoms with E-state index in [9.17, 15) is 9.18 Å². The summed E-state index contributed by atoms with van der Waals surface area (Å²) < 4.78 is 14.3. The van der Waals surface area contributed by atoms with Crippen molar-refractivity contribution in [1.82, 2.24) is 20.2 Å². The summed E-state index contributed by atoms with van der Waals surface area (Å²) in [5, 5.41) is 14.7. The predicted molar refractivity (Wildman–Crippen MR) is 120 cm³/mol. The maximum absolute atomic E-state index is 14.3. The molecule has 3 aromatic heterocycles. The number of aromatic amines is 2. The van der Waals surface area contributed by atoms with Crippen LogP contribution in [0.15, 0.2) is 35.4 Å². The van der Waals surface area contributed by atoms with Crippen LogP contribution >= 0.6 is 0 Å². The number of benzene rings is 1. The number of fused-ring (bicyclic) bond motifs is 2. The van der Waals surface area contributed by atoms with Gasteiger partial charge in [0.25, 0.3) is 5.56 Å². The number of aromatic nitrogens is 4. The number of halogens is 1. The summed E-state index contributed by atoms with van der Waals surface area (Å²) in [4.78, 5) is 20.4. The molecule has 0 spiro atoms. The first-order chi connectivity index (χ1) is 15.0. The summed E-state index contributed by atoms with van der Waals surface area (Å²) in [6.07, 6.45) is 7.56. The van der Waals surface area contributed by atoms with Crippen LogP contribution in [0.25, 0.3) is 21.7 Å². The molecule has 2 atom stereocenters. The highest BCUT2D eigenvalue weighted by molar-refractivity contribution is 5.99. The van der Waals surface area contributed by atoms with Crippen LogP contribution in [0.1, 0.15) is 31.2 Å². The second-order valence-corrected chi connectivity index (χ2v) is 8.19. The fraction of sp³-hybridized carbons (Fsp3) is 0.318. The maximum atomic E-state index is 14.3. The van der Waals surface area contributed by atoms with Crippen LogP contribution in [0.2, 0.25) is 0 Å². The molecule has 0 aliphatic heterocycles. The standard InChI is InChI=1S/C22H24FN7O/c1-11-9-25-20-14(11)7-13(23)8-17(20)28-21-19-12(10-26-30-22(19)31)6-18(29-21)27-16-5-3-2-4-15(16)24/h6-10,15-16,25H,2-5,24H2,1H3,(H,30,31)(H2,27,28,29)/t15?,16-/m1/s1. The van der Waals surface area contributed by atoms with Gasteiger partial charge < -0.3 is 21.4 Å². The van der Waals surface area contributed by atoms with E-state index in [2.05, 4.69) is 30.8 Å². The number of pyridine rings is 1. The molecule has 1 fully saturated rings. The SMILES string of the molecule is Cc1c[nH]c2c(Nc3nc(N[C@@H]4CCCCC4N)cc4cn[nH]c(=O)c34)cc(F)cc12. The molecule has 1 saturated carbocycles. The van der Waals surface area contributed by atoms with Crippen molar-refractivity contribution >= 4 is 39.0 Å². The van der Waals surface area contributed by atoms with Gasteiger partial charge in [0.2, 0.25) is 0 Å². The number of anilines is 3. The van der Waals surface area contributed by atoms with E-state index < -0.39 is 0 Å². The average molecular weight is 421 g/mol. The molecule has 5 rings (SSSR count). The molecular weight excluding hydrogens is 397 g/mol. The topological polar surface area (TPSA) is 125 Å². The van der Waals surface area contributed by atoms with Gasteiger partial charge in [-0.15, -0.1) is 0 Å². The summed E-state index contributed by atoms with van der Waals surface area (Å²) >= 11 is 0. The number of nitrogens with zero attached hydrogens (tertiary/aromatic N) is 2. The van der Waals surface area contributed by atoms with Gasteiger partial charge >= 0.3 is 0 Å². The van der Waals surface area contributed by atoms with Crippen LogP contribution < -0.4 is 21.9 Å². The van der Waals surface area contributed by atoms with Gasteiger partial charge in [0.15, 0.2) is 0 Å². The largest absolute Gasteiger partial charge is 0.366 e. The molecule has 31 heavy (non-hydrogen) atoms. The van der Waals surface area contributed by atoms with Crippen LogP contribution in [0.4, 0.5) is 21.7 Å². The predicted octanol–water partition coefficient (Wildman–Crippen LogP) is 3.67. The summed E-state index contributed by atoms with van der Waals surface area (Å²) in [5.41, 5.74) is 8.09. The average Bonchev–Trinajstić information content (AvgIpc) is 3.10. The number of hydrogen-bond donors (Lipinski definition) is 5. The summed E-state index contributed by atoms with van der Waals surface area (Å²) in [6, 6.07) is 4.82. The summed E-state index contributed by atoms with van der Waals surface area (Å²) in [5.74, 6) is 0.548. The molecule has 6 N–H and O–H groups in total. The van der Waals surface area contributed by atoms with Crippen LogP contribution in [0, 0.1) is 12.7 Å². The molecule has 0 radical (unpaired) electrons. The van der Waals surface area contributed by atoms with Gasteiger partial charge in [-0.3, -0.25) is 4.79 Å². The highest BCUT2D eigenvalue weighted by Gasteiger charge is 2.23. The number of aryl methyl sites for hydroxylation is 1. The lowest BCUT2D eigenvalue weighted by molar-refractivity contribution is 0.403. The van der Waals surface area contributed by atoms with Crippen molar-refractivity contribution in [2.75, 3.05) is 10.6 Å². The van der Waals surface area contributed by atoms with Crippen LogP contribution in [-0.2, 0) is 0 Å². The van der Waals surface area contributed by atoms with Gasteiger partial charge in [0, 0.05) is 29.1 Å². The Balaban J connectivity index is 1.61. The molecule has 0 amide bonds. The van der Waals surface area contributed by atoms with Crippen molar-refractivity contribution in [3.8, 4) is 0 Å². The Labute approximate surface area is 177 Å². The van der Waals surface area contributed by atoms with Crippen LogP contribution in [0.5, 0.6) is 0 Å². The third-order valence-electron chi connectivity index (χ3n) is 6.01. The molecule has 1 aromatic carbocycles. The summed E-state index contributed by atoms with van der Waals surface area (Å²) in [7, 11) is 0. The zero-order valence-electron chi connectivity index (χ0n) is 17.1. The minimum Gasteiger partial charge on any atom is -0.366 e. The Morgan fingerprint density at radius 2 is 2.06 bits per heavy atom. The van der Waals surface area contributed by atoms with Gasteiger partial charge in [0.1, 0.15) is 17.5 Å². The smallest absolute Gasteiger partial charge is 0.275 e. The van der Waals surface area contributed by atoms with Crippen LogP contribution in [0.3, 0.4) is 0 Å². The van der Waals surface area contributed by atoms with E-state index >= 15 is 0 Å². The first-order valence-corrected chi connectivity index (χ1v) is 10.4. The lowest BCUT2D eigenvalue weighted by Gasteiger charge is -2.30. The first-order valence-electron chi connectivity index (χ1n) is 10.4. The molecule has 160 valence electrons. The molecule has 3 heterocycles. The molecule has 9 heteroatoms. The van der Waals surface area contributed by atoms with E-state index in [-0.39, 0.29) is 23.5 Å². The lowest BCUT2D eigenvalue weighted by Crippen LogP contribution is -2.42. The zero-order chi connectivity index (χ0) is 21.5. The van der Waals surface area contributed by atoms with Crippen molar-refractivity contribution in [2.45, 2.75) is 44.7 Å². The monoisotopic (exact) mass is 421 g/mol. The van der Waals surface area contributed by atoms with Gasteiger partial charge in [-0.1, -0.05) is 12.8 Å². The number of hydrogen-bond acceptors (Lipinski definition) is 6. The molecule has 0 bridgehead atoms. The van der Waals surface area contributed by atoms with Crippen molar-refractivity contribution in [2.24, 2.45) is 5.73 Å². The first kappa shape index (κ1) is 19.5. The Bertz CT molecular complexity index is 1330. The Hall–Kier alpha value is -3.46. The highest BCUT2D eigenvalue weighted by atomic mass is 19.1. The number of nitrogens with one attached hydrogen (secondary N) is 4. The van der Waals surface area contributed by atoms with E-state index in [1.807, 2.05) is 13.1 Å². The molecular formula is C22H24FN7O. The molecule has 1 aliphatic carbocycles. The summed E-state index contributed by atoms with van der Waals surface area (Å²) in [6.45, 7) is 1.91. The number of H-pyrrole nitrogens is 2. The zero-order valence-corrected chi connectivity index (χ0v) is 17.1. The van der Waals surface area contributed by atoms with Crippen LogP contribution in [-0.4, -0.2) is 32.2 Å². The third-order valence-corrected chi connectivity index (χ3v) is 6.01. The van der Waals surface area contributed by atoms with E-state index in [0.29, 0.717) is 28.1 Å².